The lowest BCUT2D eigenvalue weighted by Crippen LogP contribution is -2.14. The van der Waals surface area contributed by atoms with Crippen LogP contribution in [-0.2, 0) is 0 Å². The van der Waals surface area contributed by atoms with Crippen LogP contribution in [-0.4, -0.2) is 12.3 Å². The molecule has 1 rings (SSSR count). The monoisotopic (exact) mass is 141 g/mol. The minimum absolute atomic E-state index is 0.197. The molecule has 0 saturated heterocycles. The molecule has 0 bridgehead atoms. The van der Waals surface area contributed by atoms with E-state index in [1.165, 1.54) is 6.21 Å². The van der Waals surface area contributed by atoms with Crippen molar-refractivity contribution in [2.75, 3.05) is 0 Å². The van der Waals surface area contributed by atoms with E-state index in [4.69, 9.17) is 0 Å². The maximum atomic E-state index is 12.3. The number of allylic oxidation sites excluding steroid dienone is 1. The Balaban J connectivity index is 2.52. The Labute approximate surface area is 60.7 Å². The molecule has 0 aromatic heterocycles. The number of dihydropyridines is 1. The predicted octanol–water partition coefficient (Wildman–Crippen LogP) is 2.34. The number of halogens is 1. The minimum Gasteiger partial charge on any atom is -0.286 e. The Morgan fingerprint density at radius 3 is 2.80 bits per heavy atom. The highest BCUT2D eigenvalue weighted by Crippen LogP contribution is 2.16. The fraction of sp³-hybridized carbons (Fsp3) is 0.625. The number of hydrogen-bond acceptors (Lipinski definition) is 1. The highest BCUT2D eigenvalue weighted by molar-refractivity contribution is 5.76. The second-order valence-electron chi connectivity index (χ2n) is 2.91. The first-order valence-corrected chi connectivity index (χ1v) is 3.59. The summed E-state index contributed by atoms with van der Waals surface area (Å²) in [6.45, 7) is 4.19. The summed E-state index contributed by atoms with van der Waals surface area (Å²) >= 11 is 0. The molecule has 0 aromatic carbocycles. The summed E-state index contributed by atoms with van der Waals surface area (Å²) in [4.78, 5) is 4.04. The van der Waals surface area contributed by atoms with Gasteiger partial charge in [-0.25, -0.2) is 4.39 Å². The highest BCUT2D eigenvalue weighted by atomic mass is 19.1. The van der Waals surface area contributed by atoms with Crippen LogP contribution in [0.25, 0.3) is 0 Å². The first-order chi connectivity index (χ1) is 4.70. The average molecular weight is 141 g/mol. The molecule has 0 fully saturated rings. The van der Waals surface area contributed by atoms with E-state index in [2.05, 4.69) is 18.8 Å². The smallest absolute Gasteiger partial charge is 0.137 e. The Morgan fingerprint density at radius 2 is 2.40 bits per heavy atom. The summed E-state index contributed by atoms with van der Waals surface area (Å²) in [5.41, 5.74) is 0. The van der Waals surface area contributed by atoms with Gasteiger partial charge in [0.1, 0.15) is 5.83 Å². The minimum atomic E-state index is -0.197. The van der Waals surface area contributed by atoms with Gasteiger partial charge in [-0.05, 0) is 18.4 Å². The molecule has 0 saturated carbocycles. The van der Waals surface area contributed by atoms with Gasteiger partial charge in [0.05, 0.1) is 12.3 Å². The fourth-order valence-electron chi connectivity index (χ4n) is 0.958. The maximum Gasteiger partial charge on any atom is 0.137 e. The first-order valence-electron chi connectivity index (χ1n) is 3.59. The van der Waals surface area contributed by atoms with Crippen LogP contribution in [0, 0.1) is 5.92 Å². The molecule has 1 aliphatic rings. The van der Waals surface area contributed by atoms with E-state index >= 15 is 0 Å². The van der Waals surface area contributed by atoms with Crippen LogP contribution in [0.4, 0.5) is 4.39 Å². The fourth-order valence-corrected chi connectivity index (χ4v) is 0.958. The number of aliphatic imine (C=N–C) groups is 1. The Bertz CT molecular complexity index is 170. The molecule has 1 heterocycles. The van der Waals surface area contributed by atoms with E-state index in [-0.39, 0.29) is 5.83 Å². The molecule has 10 heavy (non-hydrogen) atoms. The quantitative estimate of drug-likeness (QED) is 0.531. The summed E-state index contributed by atoms with van der Waals surface area (Å²) in [5, 5.41) is 0. The van der Waals surface area contributed by atoms with Crippen LogP contribution in [0.5, 0.6) is 0 Å². The van der Waals surface area contributed by atoms with Crippen molar-refractivity contribution in [3.05, 3.63) is 11.9 Å². The van der Waals surface area contributed by atoms with Crippen molar-refractivity contribution < 1.29 is 4.39 Å². The van der Waals surface area contributed by atoms with Crippen molar-refractivity contribution in [3.63, 3.8) is 0 Å². The molecule has 1 atom stereocenters. The third kappa shape index (κ3) is 1.66. The zero-order chi connectivity index (χ0) is 7.56. The second-order valence-corrected chi connectivity index (χ2v) is 2.91. The molecule has 56 valence electrons. The third-order valence-electron chi connectivity index (χ3n) is 1.71. The summed E-state index contributed by atoms with van der Waals surface area (Å²) in [7, 11) is 0. The first kappa shape index (κ1) is 7.45. The van der Waals surface area contributed by atoms with Gasteiger partial charge in [-0.15, -0.1) is 0 Å². The lowest BCUT2D eigenvalue weighted by molar-refractivity contribution is 0.489. The molecule has 0 N–H and O–H groups in total. The molecule has 1 nitrogen and oxygen atoms in total. The molecular weight excluding hydrogens is 129 g/mol. The van der Waals surface area contributed by atoms with Gasteiger partial charge in [-0.3, -0.25) is 4.99 Å². The molecule has 1 unspecified atom stereocenters. The Hall–Kier alpha value is -0.660. The van der Waals surface area contributed by atoms with Gasteiger partial charge in [-0.2, -0.15) is 0 Å². The molecule has 0 aliphatic carbocycles. The molecule has 0 amide bonds. The number of hydrogen-bond donors (Lipinski definition) is 0. The third-order valence-corrected chi connectivity index (χ3v) is 1.71. The second kappa shape index (κ2) is 2.95. The zero-order valence-corrected chi connectivity index (χ0v) is 6.34. The molecular formula is C8H12FN. The van der Waals surface area contributed by atoms with E-state index in [1.807, 2.05) is 0 Å². The molecule has 2 heteroatoms. The summed E-state index contributed by atoms with van der Waals surface area (Å²) in [5.74, 6) is 0.317. The van der Waals surface area contributed by atoms with Crippen molar-refractivity contribution in [1.82, 2.24) is 0 Å². The van der Waals surface area contributed by atoms with Gasteiger partial charge < -0.3 is 0 Å². The predicted molar refractivity (Wildman–Crippen MR) is 40.9 cm³/mol. The van der Waals surface area contributed by atoms with Crippen LogP contribution in [0.15, 0.2) is 16.9 Å². The molecule has 1 aliphatic heterocycles. The van der Waals surface area contributed by atoms with Gasteiger partial charge in [0.2, 0.25) is 0 Å². The van der Waals surface area contributed by atoms with Crippen molar-refractivity contribution in [1.29, 1.82) is 0 Å². The van der Waals surface area contributed by atoms with Crippen LogP contribution in [0.3, 0.4) is 0 Å². The van der Waals surface area contributed by atoms with Crippen molar-refractivity contribution >= 4 is 6.21 Å². The van der Waals surface area contributed by atoms with E-state index < -0.39 is 0 Å². The lowest BCUT2D eigenvalue weighted by Gasteiger charge is -2.16. The summed E-state index contributed by atoms with van der Waals surface area (Å²) < 4.78 is 12.3. The molecule has 0 radical (unpaired) electrons. The van der Waals surface area contributed by atoms with E-state index in [0.29, 0.717) is 12.0 Å². The average Bonchev–Trinajstić information content (AvgIpc) is 1.88. The largest absolute Gasteiger partial charge is 0.286 e. The zero-order valence-electron chi connectivity index (χ0n) is 6.34. The van der Waals surface area contributed by atoms with Gasteiger partial charge >= 0.3 is 0 Å². The van der Waals surface area contributed by atoms with Gasteiger partial charge in [0.25, 0.3) is 0 Å². The Morgan fingerprint density at radius 1 is 1.70 bits per heavy atom. The van der Waals surface area contributed by atoms with Gasteiger partial charge in [-0.1, -0.05) is 13.8 Å². The van der Waals surface area contributed by atoms with E-state index in [0.717, 1.165) is 6.42 Å². The summed E-state index contributed by atoms with van der Waals surface area (Å²) in [6, 6.07) is 0.291. The summed E-state index contributed by atoms with van der Waals surface area (Å²) in [6.07, 6.45) is 3.66. The van der Waals surface area contributed by atoms with Gasteiger partial charge in [0, 0.05) is 0 Å². The van der Waals surface area contributed by atoms with Crippen LogP contribution in [0.2, 0.25) is 0 Å². The van der Waals surface area contributed by atoms with E-state index in [9.17, 15) is 4.39 Å². The van der Waals surface area contributed by atoms with Crippen LogP contribution < -0.4 is 0 Å². The van der Waals surface area contributed by atoms with Crippen molar-refractivity contribution in [3.8, 4) is 0 Å². The maximum absolute atomic E-state index is 12.3. The van der Waals surface area contributed by atoms with Crippen molar-refractivity contribution in [2.45, 2.75) is 26.3 Å². The topological polar surface area (TPSA) is 12.4 Å². The van der Waals surface area contributed by atoms with E-state index in [1.54, 1.807) is 6.08 Å². The Kier molecular flexibility index (Phi) is 2.20. The highest BCUT2D eigenvalue weighted by Gasteiger charge is 2.12. The standard InChI is InChI=1S/C8H12FN/c1-6(2)8-4-3-7(9)5-10-8/h3,5-6,8H,4H2,1-2H3. The molecule has 0 aromatic rings. The lowest BCUT2D eigenvalue weighted by atomic mass is 10.0. The molecule has 0 spiro atoms. The normalized spacial score (nSPS) is 25.2. The van der Waals surface area contributed by atoms with Crippen LogP contribution >= 0.6 is 0 Å². The number of nitrogens with zero attached hydrogens (tertiary/aromatic N) is 1. The van der Waals surface area contributed by atoms with Crippen molar-refractivity contribution in [2.24, 2.45) is 10.9 Å². The SMILES string of the molecule is CC(C)C1CC=C(F)C=N1. The number of rotatable bonds is 1. The van der Waals surface area contributed by atoms with Gasteiger partial charge in [0.15, 0.2) is 0 Å². The van der Waals surface area contributed by atoms with Crippen LogP contribution in [0.1, 0.15) is 20.3 Å².